The van der Waals surface area contributed by atoms with Crippen LogP contribution in [0, 0.1) is 11.8 Å². The van der Waals surface area contributed by atoms with Crippen LogP contribution in [0.1, 0.15) is 38.7 Å². The fraction of sp³-hybridized carbons (Fsp3) is 0.611. The van der Waals surface area contributed by atoms with Gasteiger partial charge in [0.2, 0.25) is 0 Å². The van der Waals surface area contributed by atoms with Crippen molar-refractivity contribution >= 4 is 5.97 Å². The number of piperidine rings is 1. The highest BCUT2D eigenvalue weighted by Gasteiger charge is 2.24. The fourth-order valence-electron chi connectivity index (χ4n) is 3.10. The highest BCUT2D eigenvalue weighted by molar-refractivity contribution is 5.71. The van der Waals surface area contributed by atoms with Crippen molar-refractivity contribution in [3.8, 4) is 0 Å². The molecule has 0 aliphatic carbocycles. The van der Waals surface area contributed by atoms with E-state index in [4.69, 9.17) is 4.74 Å². The highest BCUT2D eigenvalue weighted by atomic mass is 16.5. The summed E-state index contributed by atoms with van der Waals surface area (Å²) >= 11 is 0. The second kappa shape index (κ2) is 8.18. The van der Waals surface area contributed by atoms with E-state index in [9.17, 15) is 4.79 Å². The van der Waals surface area contributed by atoms with Gasteiger partial charge in [-0.3, -0.25) is 9.69 Å². The van der Waals surface area contributed by atoms with Crippen molar-refractivity contribution in [3.05, 3.63) is 35.9 Å². The van der Waals surface area contributed by atoms with Gasteiger partial charge in [-0.25, -0.2) is 0 Å². The van der Waals surface area contributed by atoms with Crippen molar-refractivity contribution in [1.82, 2.24) is 4.90 Å². The normalized spacial score (nSPS) is 18.4. The molecule has 1 unspecified atom stereocenters. The van der Waals surface area contributed by atoms with Crippen molar-refractivity contribution < 1.29 is 9.53 Å². The molecular formula is C18H27NO2. The number of carbonyl (C=O) groups excluding carboxylic acids is 1. The molecule has 0 spiro atoms. The first-order valence-corrected chi connectivity index (χ1v) is 8.12. The molecule has 1 saturated heterocycles. The summed E-state index contributed by atoms with van der Waals surface area (Å²) in [5, 5.41) is 0. The molecule has 0 bridgehead atoms. The number of hydrogen-bond donors (Lipinski definition) is 0. The molecule has 3 nitrogen and oxygen atoms in total. The Labute approximate surface area is 128 Å². The smallest absolute Gasteiger partial charge is 0.308 e. The van der Waals surface area contributed by atoms with Crippen molar-refractivity contribution in [3.63, 3.8) is 0 Å². The largest absolute Gasteiger partial charge is 0.466 e. The second-order valence-electron chi connectivity index (χ2n) is 6.09. The van der Waals surface area contributed by atoms with E-state index < -0.39 is 0 Å². The van der Waals surface area contributed by atoms with E-state index in [2.05, 4.69) is 35.2 Å². The minimum atomic E-state index is -0.0378. The summed E-state index contributed by atoms with van der Waals surface area (Å²) in [6.07, 6.45) is 3.35. The van der Waals surface area contributed by atoms with Gasteiger partial charge in [-0.05, 0) is 50.8 Å². The first-order valence-electron chi connectivity index (χ1n) is 8.12. The number of hydrogen-bond acceptors (Lipinski definition) is 3. The van der Waals surface area contributed by atoms with Gasteiger partial charge in [-0.2, -0.15) is 0 Å². The van der Waals surface area contributed by atoms with Gasteiger partial charge >= 0.3 is 5.97 Å². The number of esters is 1. The summed E-state index contributed by atoms with van der Waals surface area (Å²) in [7, 11) is 0. The summed E-state index contributed by atoms with van der Waals surface area (Å²) < 4.78 is 5.10. The molecule has 1 atom stereocenters. The lowest BCUT2D eigenvalue weighted by atomic mass is 9.88. The molecule has 1 aliphatic rings. The zero-order valence-electron chi connectivity index (χ0n) is 13.3. The van der Waals surface area contributed by atoms with Gasteiger partial charge in [-0.1, -0.05) is 37.3 Å². The molecule has 0 N–H and O–H groups in total. The maximum atomic E-state index is 11.7. The number of likely N-dealkylation sites (tertiary alicyclic amines) is 1. The third-order valence-electron chi connectivity index (χ3n) is 4.33. The molecule has 0 saturated carbocycles. The van der Waals surface area contributed by atoms with Crippen LogP contribution < -0.4 is 0 Å². The number of benzene rings is 1. The molecule has 1 aliphatic heterocycles. The van der Waals surface area contributed by atoms with Crippen LogP contribution in [-0.4, -0.2) is 30.6 Å². The van der Waals surface area contributed by atoms with Gasteiger partial charge in [0.25, 0.3) is 0 Å². The molecule has 1 fully saturated rings. The zero-order chi connectivity index (χ0) is 15.1. The Kier molecular flexibility index (Phi) is 6.24. The molecule has 2 rings (SSSR count). The Morgan fingerprint density at radius 2 is 1.95 bits per heavy atom. The van der Waals surface area contributed by atoms with E-state index in [0.29, 0.717) is 12.5 Å². The van der Waals surface area contributed by atoms with Crippen LogP contribution in [0.25, 0.3) is 0 Å². The van der Waals surface area contributed by atoms with Crippen molar-refractivity contribution in [2.45, 2.75) is 39.7 Å². The highest BCUT2D eigenvalue weighted by Crippen LogP contribution is 2.25. The number of carbonyl (C=O) groups is 1. The molecule has 0 amide bonds. The summed E-state index contributed by atoms with van der Waals surface area (Å²) in [4.78, 5) is 14.2. The number of rotatable bonds is 6. The third-order valence-corrected chi connectivity index (χ3v) is 4.33. The molecule has 1 aromatic rings. The van der Waals surface area contributed by atoms with Crippen LogP contribution in [0.4, 0.5) is 0 Å². The lowest BCUT2D eigenvalue weighted by molar-refractivity contribution is -0.148. The summed E-state index contributed by atoms with van der Waals surface area (Å²) in [5.74, 6) is 0.663. The Bertz CT molecular complexity index is 424. The van der Waals surface area contributed by atoms with E-state index in [1.54, 1.807) is 0 Å². The number of nitrogens with zero attached hydrogens (tertiary/aromatic N) is 1. The maximum absolute atomic E-state index is 11.7. The molecule has 21 heavy (non-hydrogen) atoms. The molecule has 0 radical (unpaired) electrons. The average Bonchev–Trinajstić information content (AvgIpc) is 2.50. The van der Waals surface area contributed by atoms with Crippen molar-refractivity contribution in [2.24, 2.45) is 11.8 Å². The van der Waals surface area contributed by atoms with Gasteiger partial charge in [0.15, 0.2) is 0 Å². The zero-order valence-corrected chi connectivity index (χ0v) is 13.3. The van der Waals surface area contributed by atoms with Gasteiger partial charge < -0.3 is 4.74 Å². The van der Waals surface area contributed by atoms with E-state index in [1.165, 1.54) is 18.4 Å². The summed E-state index contributed by atoms with van der Waals surface area (Å²) in [6.45, 7) is 7.66. The summed E-state index contributed by atoms with van der Waals surface area (Å²) in [6, 6.07) is 10.6. The van der Waals surface area contributed by atoms with E-state index in [-0.39, 0.29) is 11.9 Å². The molecule has 116 valence electrons. The Balaban J connectivity index is 1.72. The van der Waals surface area contributed by atoms with Crippen LogP contribution in [0.5, 0.6) is 0 Å². The van der Waals surface area contributed by atoms with E-state index >= 15 is 0 Å². The van der Waals surface area contributed by atoms with Gasteiger partial charge in [0.1, 0.15) is 0 Å². The average molecular weight is 289 g/mol. The van der Waals surface area contributed by atoms with E-state index in [1.807, 2.05) is 13.8 Å². The topological polar surface area (TPSA) is 29.5 Å². The maximum Gasteiger partial charge on any atom is 0.308 e. The van der Waals surface area contributed by atoms with Crippen molar-refractivity contribution in [2.75, 3.05) is 19.7 Å². The SMILES string of the molecule is CCOC(=O)C(C)CC1CCN(Cc2ccccc2)CC1. The fourth-order valence-corrected chi connectivity index (χ4v) is 3.10. The van der Waals surface area contributed by atoms with Crippen molar-refractivity contribution in [1.29, 1.82) is 0 Å². The molecule has 1 aromatic carbocycles. The molecule has 3 heteroatoms. The monoisotopic (exact) mass is 289 g/mol. The summed E-state index contributed by atoms with van der Waals surface area (Å²) in [5.41, 5.74) is 1.39. The molecule has 0 aromatic heterocycles. The predicted molar refractivity (Wildman–Crippen MR) is 84.9 cm³/mol. The lowest BCUT2D eigenvalue weighted by Crippen LogP contribution is -2.34. The minimum Gasteiger partial charge on any atom is -0.466 e. The van der Waals surface area contributed by atoms with Crippen LogP contribution in [-0.2, 0) is 16.1 Å². The predicted octanol–water partition coefficient (Wildman–Crippen LogP) is 3.49. The van der Waals surface area contributed by atoms with Gasteiger partial charge in [0.05, 0.1) is 12.5 Å². The molecular weight excluding hydrogens is 262 g/mol. The minimum absolute atomic E-state index is 0.0376. The third kappa shape index (κ3) is 5.16. The van der Waals surface area contributed by atoms with Crippen LogP contribution in [0.15, 0.2) is 30.3 Å². The first-order chi connectivity index (χ1) is 10.2. The second-order valence-corrected chi connectivity index (χ2v) is 6.09. The Hall–Kier alpha value is -1.35. The van der Waals surface area contributed by atoms with Crippen LogP contribution in [0.2, 0.25) is 0 Å². The van der Waals surface area contributed by atoms with Gasteiger partial charge in [-0.15, -0.1) is 0 Å². The Morgan fingerprint density at radius 3 is 2.57 bits per heavy atom. The van der Waals surface area contributed by atoms with Crippen LogP contribution in [0.3, 0.4) is 0 Å². The van der Waals surface area contributed by atoms with E-state index in [0.717, 1.165) is 26.1 Å². The van der Waals surface area contributed by atoms with Crippen LogP contribution >= 0.6 is 0 Å². The molecule has 1 heterocycles. The first kappa shape index (κ1) is 16.0. The van der Waals surface area contributed by atoms with Gasteiger partial charge in [0, 0.05) is 6.54 Å². The Morgan fingerprint density at radius 1 is 1.29 bits per heavy atom. The lowest BCUT2D eigenvalue weighted by Gasteiger charge is -2.32. The number of ether oxygens (including phenoxy) is 1. The quantitative estimate of drug-likeness (QED) is 0.751. The standard InChI is InChI=1S/C18H27NO2/c1-3-21-18(20)15(2)13-16-9-11-19(12-10-16)14-17-7-5-4-6-8-17/h4-8,15-16H,3,9-14H2,1-2H3.